The van der Waals surface area contributed by atoms with Gasteiger partial charge in [0.25, 0.3) is 0 Å². The minimum atomic E-state index is -3.48. The van der Waals surface area contributed by atoms with E-state index in [2.05, 4.69) is 9.97 Å². The van der Waals surface area contributed by atoms with Crippen molar-refractivity contribution in [3.63, 3.8) is 0 Å². The van der Waals surface area contributed by atoms with E-state index in [1.807, 2.05) is 24.0 Å². The first-order chi connectivity index (χ1) is 12.0. The van der Waals surface area contributed by atoms with Crippen LogP contribution in [0.25, 0.3) is 0 Å². The topological polar surface area (TPSA) is 75.6 Å². The largest absolute Gasteiger partial charge is 0.481 e. The average molecular weight is 362 g/mol. The van der Waals surface area contributed by atoms with Gasteiger partial charge < -0.3 is 9.64 Å². The van der Waals surface area contributed by atoms with Crippen LogP contribution in [0, 0.1) is 6.92 Å². The van der Waals surface area contributed by atoms with Gasteiger partial charge in [0, 0.05) is 38.4 Å². The van der Waals surface area contributed by atoms with E-state index in [-0.39, 0.29) is 0 Å². The summed E-state index contributed by atoms with van der Waals surface area (Å²) in [6.45, 7) is 4.06. The van der Waals surface area contributed by atoms with E-state index >= 15 is 0 Å². The lowest BCUT2D eigenvalue weighted by molar-refractivity contribution is 0.396. The van der Waals surface area contributed by atoms with E-state index in [9.17, 15) is 8.42 Å². The van der Waals surface area contributed by atoms with Gasteiger partial charge in [0.05, 0.1) is 12.0 Å². The van der Waals surface area contributed by atoms with Crippen LogP contribution in [0.3, 0.4) is 0 Å². The first-order valence-electron chi connectivity index (χ1n) is 8.19. The maximum Gasteiger partial charge on any atom is 0.243 e. The molecule has 1 aromatic carbocycles. The molecule has 1 saturated heterocycles. The average Bonchev–Trinajstić information content (AvgIpc) is 2.89. The predicted molar refractivity (Wildman–Crippen MR) is 95.4 cm³/mol. The van der Waals surface area contributed by atoms with Crippen LogP contribution in [-0.4, -0.2) is 56.0 Å². The first-order valence-corrected chi connectivity index (χ1v) is 9.63. The number of rotatable bonds is 4. The SMILES string of the molecule is COc1ccnc(N2CCCN(S(=O)(=O)c3ccc(C)cc3)CC2)n1. The Kier molecular flexibility index (Phi) is 5.19. The molecule has 0 aliphatic carbocycles. The molecule has 134 valence electrons. The monoisotopic (exact) mass is 362 g/mol. The van der Waals surface area contributed by atoms with E-state index < -0.39 is 10.0 Å². The number of sulfonamides is 1. The number of methoxy groups -OCH3 is 1. The van der Waals surface area contributed by atoms with Crippen molar-refractivity contribution < 1.29 is 13.2 Å². The molecule has 25 heavy (non-hydrogen) atoms. The van der Waals surface area contributed by atoms with Gasteiger partial charge in [-0.05, 0) is 25.5 Å². The van der Waals surface area contributed by atoms with Crippen molar-refractivity contribution in [2.75, 3.05) is 38.2 Å². The summed E-state index contributed by atoms with van der Waals surface area (Å²) < 4.78 is 32.4. The number of hydrogen-bond donors (Lipinski definition) is 0. The lowest BCUT2D eigenvalue weighted by Gasteiger charge is -2.22. The number of nitrogens with zero attached hydrogens (tertiary/aromatic N) is 4. The molecule has 1 fully saturated rings. The maximum atomic E-state index is 12.9. The molecule has 1 aliphatic rings. The lowest BCUT2D eigenvalue weighted by atomic mass is 10.2. The van der Waals surface area contributed by atoms with Crippen LogP contribution in [0.5, 0.6) is 5.88 Å². The van der Waals surface area contributed by atoms with Gasteiger partial charge in [-0.25, -0.2) is 13.4 Å². The van der Waals surface area contributed by atoms with Crippen LogP contribution in [0.4, 0.5) is 5.95 Å². The second-order valence-corrected chi connectivity index (χ2v) is 7.89. The number of aryl methyl sites for hydroxylation is 1. The highest BCUT2D eigenvalue weighted by atomic mass is 32.2. The Balaban J connectivity index is 1.75. The molecule has 2 heterocycles. The molecule has 1 aromatic heterocycles. The van der Waals surface area contributed by atoms with Gasteiger partial charge in [0.1, 0.15) is 0 Å². The predicted octanol–water partition coefficient (Wildman–Crippen LogP) is 1.69. The Morgan fingerprint density at radius 3 is 2.52 bits per heavy atom. The zero-order chi connectivity index (χ0) is 17.9. The Morgan fingerprint density at radius 1 is 1.04 bits per heavy atom. The molecule has 3 rings (SSSR count). The van der Waals surface area contributed by atoms with Crippen molar-refractivity contribution in [3.05, 3.63) is 42.1 Å². The normalized spacial score (nSPS) is 16.5. The van der Waals surface area contributed by atoms with Crippen molar-refractivity contribution >= 4 is 16.0 Å². The molecule has 7 nitrogen and oxygen atoms in total. The minimum absolute atomic E-state index is 0.337. The molecular formula is C17H22N4O3S. The van der Waals surface area contributed by atoms with Crippen LogP contribution in [-0.2, 0) is 10.0 Å². The van der Waals surface area contributed by atoms with Gasteiger partial charge in [0.2, 0.25) is 21.9 Å². The summed E-state index contributed by atoms with van der Waals surface area (Å²) in [6, 6.07) is 8.66. The van der Waals surface area contributed by atoms with Gasteiger partial charge in [-0.2, -0.15) is 9.29 Å². The van der Waals surface area contributed by atoms with Gasteiger partial charge in [-0.15, -0.1) is 0 Å². The van der Waals surface area contributed by atoms with Crippen molar-refractivity contribution in [1.82, 2.24) is 14.3 Å². The quantitative estimate of drug-likeness (QED) is 0.824. The summed E-state index contributed by atoms with van der Waals surface area (Å²) in [7, 11) is -1.92. The van der Waals surface area contributed by atoms with E-state index in [1.165, 1.54) is 4.31 Å². The number of anilines is 1. The fraction of sp³-hybridized carbons (Fsp3) is 0.412. The van der Waals surface area contributed by atoms with Crippen LogP contribution in [0.2, 0.25) is 0 Å². The zero-order valence-corrected chi connectivity index (χ0v) is 15.2. The summed E-state index contributed by atoms with van der Waals surface area (Å²) >= 11 is 0. The third kappa shape index (κ3) is 3.91. The van der Waals surface area contributed by atoms with Crippen LogP contribution >= 0.6 is 0 Å². The fourth-order valence-corrected chi connectivity index (χ4v) is 4.26. The highest BCUT2D eigenvalue weighted by Crippen LogP contribution is 2.20. The Bertz CT molecular complexity index is 824. The molecule has 0 spiro atoms. The van der Waals surface area contributed by atoms with Crippen molar-refractivity contribution in [3.8, 4) is 5.88 Å². The van der Waals surface area contributed by atoms with Crippen LogP contribution in [0.15, 0.2) is 41.4 Å². The molecule has 8 heteroatoms. The minimum Gasteiger partial charge on any atom is -0.481 e. The van der Waals surface area contributed by atoms with E-state index in [4.69, 9.17) is 4.74 Å². The van der Waals surface area contributed by atoms with Crippen molar-refractivity contribution in [2.24, 2.45) is 0 Å². The molecule has 0 unspecified atom stereocenters. The first kappa shape index (κ1) is 17.6. The zero-order valence-electron chi connectivity index (χ0n) is 14.4. The third-order valence-electron chi connectivity index (χ3n) is 4.22. The summed E-state index contributed by atoms with van der Waals surface area (Å²) in [4.78, 5) is 10.9. The third-order valence-corrected chi connectivity index (χ3v) is 6.14. The van der Waals surface area contributed by atoms with E-state index in [1.54, 1.807) is 31.5 Å². The smallest absolute Gasteiger partial charge is 0.243 e. The summed E-state index contributed by atoms with van der Waals surface area (Å²) in [5.74, 6) is 1.06. The van der Waals surface area contributed by atoms with Gasteiger partial charge in [0.15, 0.2) is 0 Å². The van der Waals surface area contributed by atoms with Crippen LogP contribution < -0.4 is 9.64 Å². The van der Waals surface area contributed by atoms with Crippen molar-refractivity contribution in [1.29, 1.82) is 0 Å². The fourth-order valence-electron chi connectivity index (χ4n) is 2.79. The second-order valence-electron chi connectivity index (χ2n) is 5.96. The highest BCUT2D eigenvalue weighted by Gasteiger charge is 2.27. The Labute approximate surface area is 148 Å². The molecule has 0 saturated carbocycles. The molecule has 0 atom stereocenters. The highest BCUT2D eigenvalue weighted by molar-refractivity contribution is 7.89. The number of ether oxygens (including phenoxy) is 1. The molecule has 0 radical (unpaired) electrons. The number of aromatic nitrogens is 2. The Morgan fingerprint density at radius 2 is 1.80 bits per heavy atom. The van der Waals surface area contributed by atoms with E-state index in [0.29, 0.717) is 49.3 Å². The Hall–Kier alpha value is -2.19. The molecule has 0 bridgehead atoms. The molecule has 0 N–H and O–H groups in total. The number of hydrogen-bond acceptors (Lipinski definition) is 6. The maximum absolute atomic E-state index is 12.9. The van der Waals surface area contributed by atoms with Gasteiger partial charge >= 0.3 is 0 Å². The second kappa shape index (κ2) is 7.37. The van der Waals surface area contributed by atoms with Gasteiger partial charge in [-0.3, -0.25) is 0 Å². The van der Waals surface area contributed by atoms with Gasteiger partial charge in [-0.1, -0.05) is 17.7 Å². The van der Waals surface area contributed by atoms with Crippen LogP contribution in [0.1, 0.15) is 12.0 Å². The standard InChI is InChI=1S/C17H22N4O3S/c1-14-4-6-15(7-5-14)25(22,23)21-11-3-10-20(12-13-21)17-18-9-8-16(19-17)24-2/h4-9H,3,10-13H2,1-2H3. The summed E-state index contributed by atoms with van der Waals surface area (Å²) in [5, 5.41) is 0. The molecular weight excluding hydrogens is 340 g/mol. The summed E-state index contributed by atoms with van der Waals surface area (Å²) in [6.07, 6.45) is 2.36. The molecule has 1 aliphatic heterocycles. The molecule has 2 aromatic rings. The lowest BCUT2D eigenvalue weighted by Crippen LogP contribution is -2.35. The summed E-state index contributed by atoms with van der Waals surface area (Å²) in [5.41, 5.74) is 1.04. The van der Waals surface area contributed by atoms with Crippen molar-refractivity contribution in [2.45, 2.75) is 18.2 Å². The molecule has 0 amide bonds. The van der Waals surface area contributed by atoms with E-state index in [0.717, 1.165) is 5.56 Å². The number of benzene rings is 1.